The first kappa shape index (κ1) is 17.9. The number of nitrogens with two attached hydrogens (primary N) is 1. The largest absolute Gasteiger partial charge is 0.465 e. The van der Waals surface area contributed by atoms with Crippen molar-refractivity contribution in [3.8, 4) is 11.3 Å². The van der Waals surface area contributed by atoms with Crippen LogP contribution in [0, 0.1) is 5.82 Å². The van der Waals surface area contributed by atoms with Crippen LogP contribution < -0.4 is 10.6 Å². The van der Waals surface area contributed by atoms with Crippen LogP contribution in [0.25, 0.3) is 22.3 Å². The molecule has 9 heteroatoms. The molecule has 28 heavy (non-hydrogen) atoms. The van der Waals surface area contributed by atoms with Crippen molar-refractivity contribution in [1.29, 1.82) is 0 Å². The molecular formula is C19H19FN6O2. The van der Waals surface area contributed by atoms with Crippen molar-refractivity contribution in [3.63, 3.8) is 0 Å². The zero-order chi connectivity index (χ0) is 19.8. The molecule has 0 spiro atoms. The summed E-state index contributed by atoms with van der Waals surface area (Å²) in [5.74, 6) is 0.391. The SMILES string of the molecule is C[C@H]1CN(C(=O)O)CCN1c1nc(N)nc2ccc(-c3ccc(F)cc3)nc12. The third kappa shape index (κ3) is 3.26. The van der Waals surface area contributed by atoms with Crippen molar-refractivity contribution in [3.05, 3.63) is 42.2 Å². The molecule has 8 nitrogen and oxygen atoms in total. The minimum atomic E-state index is -0.935. The lowest BCUT2D eigenvalue weighted by molar-refractivity contribution is 0.136. The van der Waals surface area contributed by atoms with Gasteiger partial charge >= 0.3 is 6.09 Å². The molecule has 0 saturated carbocycles. The molecule has 2 aromatic heterocycles. The predicted molar refractivity (Wildman–Crippen MR) is 104 cm³/mol. The zero-order valence-electron chi connectivity index (χ0n) is 15.2. The van der Waals surface area contributed by atoms with E-state index in [1.54, 1.807) is 24.3 Å². The van der Waals surface area contributed by atoms with Crippen LogP contribution in [0.2, 0.25) is 0 Å². The predicted octanol–water partition coefficient (Wildman–Crippen LogP) is 2.60. The van der Waals surface area contributed by atoms with Crippen molar-refractivity contribution in [2.75, 3.05) is 30.3 Å². The summed E-state index contributed by atoms with van der Waals surface area (Å²) in [5.41, 5.74) is 8.51. The maximum atomic E-state index is 13.2. The number of hydrogen-bond acceptors (Lipinski definition) is 6. The van der Waals surface area contributed by atoms with Crippen LogP contribution in [0.4, 0.5) is 21.0 Å². The second-order valence-corrected chi connectivity index (χ2v) is 6.75. The number of aromatic nitrogens is 3. The first-order valence-electron chi connectivity index (χ1n) is 8.87. The Balaban J connectivity index is 1.78. The molecule has 3 aromatic rings. The van der Waals surface area contributed by atoms with Gasteiger partial charge in [0.1, 0.15) is 11.3 Å². The Morgan fingerprint density at radius 3 is 2.57 bits per heavy atom. The van der Waals surface area contributed by atoms with Crippen LogP contribution in [-0.2, 0) is 0 Å². The molecule has 0 bridgehead atoms. The summed E-state index contributed by atoms with van der Waals surface area (Å²) in [6.45, 7) is 3.13. The molecular weight excluding hydrogens is 363 g/mol. The van der Waals surface area contributed by atoms with E-state index in [9.17, 15) is 14.3 Å². The van der Waals surface area contributed by atoms with E-state index in [4.69, 9.17) is 10.7 Å². The van der Waals surface area contributed by atoms with Crippen molar-refractivity contribution < 1.29 is 14.3 Å². The van der Waals surface area contributed by atoms with Crippen molar-refractivity contribution >= 4 is 28.9 Å². The number of carboxylic acid groups (broad SMARTS) is 1. The Labute approximate surface area is 160 Å². The fraction of sp³-hybridized carbons (Fsp3) is 0.263. The average molecular weight is 382 g/mol. The first-order chi connectivity index (χ1) is 13.4. The summed E-state index contributed by atoms with van der Waals surface area (Å²) >= 11 is 0. The molecule has 1 aliphatic heterocycles. The highest BCUT2D eigenvalue weighted by Crippen LogP contribution is 2.29. The second kappa shape index (κ2) is 6.91. The molecule has 3 N–H and O–H groups in total. The number of benzene rings is 1. The lowest BCUT2D eigenvalue weighted by Gasteiger charge is -2.39. The van der Waals surface area contributed by atoms with Gasteiger partial charge in [-0.1, -0.05) is 0 Å². The monoisotopic (exact) mass is 382 g/mol. The van der Waals surface area contributed by atoms with Crippen LogP contribution in [-0.4, -0.2) is 56.7 Å². The molecule has 1 saturated heterocycles. The Bertz CT molecular complexity index is 1040. The highest BCUT2D eigenvalue weighted by molar-refractivity contribution is 5.89. The fourth-order valence-electron chi connectivity index (χ4n) is 3.44. The van der Waals surface area contributed by atoms with Crippen LogP contribution in [0.5, 0.6) is 0 Å². The molecule has 1 aromatic carbocycles. The molecule has 144 valence electrons. The number of fused-ring (bicyclic) bond motifs is 1. The lowest BCUT2D eigenvalue weighted by atomic mass is 10.1. The van der Waals surface area contributed by atoms with Gasteiger partial charge in [-0.25, -0.2) is 19.2 Å². The summed E-state index contributed by atoms with van der Waals surface area (Å²) in [6, 6.07) is 9.60. The van der Waals surface area contributed by atoms with E-state index in [2.05, 4.69) is 9.97 Å². The number of anilines is 2. The molecule has 4 rings (SSSR count). The van der Waals surface area contributed by atoms with Gasteiger partial charge in [-0.3, -0.25) is 0 Å². The van der Waals surface area contributed by atoms with Gasteiger partial charge in [0.2, 0.25) is 5.95 Å². The number of nitrogens with zero attached hydrogens (tertiary/aromatic N) is 5. The average Bonchev–Trinajstić information content (AvgIpc) is 2.67. The topological polar surface area (TPSA) is 108 Å². The summed E-state index contributed by atoms with van der Waals surface area (Å²) in [5, 5.41) is 9.23. The zero-order valence-corrected chi connectivity index (χ0v) is 15.2. The molecule has 0 unspecified atom stereocenters. The van der Waals surface area contributed by atoms with Crippen molar-refractivity contribution in [1.82, 2.24) is 19.9 Å². The second-order valence-electron chi connectivity index (χ2n) is 6.75. The Kier molecular flexibility index (Phi) is 4.42. The smallest absolute Gasteiger partial charge is 0.407 e. The molecule has 3 heterocycles. The van der Waals surface area contributed by atoms with E-state index in [1.165, 1.54) is 17.0 Å². The number of rotatable bonds is 2. The van der Waals surface area contributed by atoms with E-state index in [1.807, 2.05) is 11.8 Å². The molecule has 1 amide bonds. The molecule has 1 atom stereocenters. The quantitative estimate of drug-likeness (QED) is 0.701. The van der Waals surface area contributed by atoms with E-state index < -0.39 is 6.09 Å². The first-order valence-corrected chi connectivity index (χ1v) is 8.87. The standard InChI is InChI=1S/C19H19FN6O2/c1-11-10-25(19(27)28)8-9-26(11)17-16-15(23-18(21)24-17)7-6-14(22-16)12-2-4-13(20)5-3-12/h2-7,11H,8-10H2,1H3,(H,27,28)(H2,21,23,24)/t11-/m0/s1. The lowest BCUT2D eigenvalue weighted by Crippen LogP contribution is -2.53. The van der Waals surface area contributed by atoms with Crippen LogP contribution in [0.15, 0.2) is 36.4 Å². The third-order valence-corrected chi connectivity index (χ3v) is 4.85. The van der Waals surface area contributed by atoms with Gasteiger partial charge in [-0.05, 0) is 43.3 Å². The van der Waals surface area contributed by atoms with Gasteiger partial charge in [0.15, 0.2) is 5.82 Å². The van der Waals surface area contributed by atoms with Gasteiger partial charge in [0.25, 0.3) is 0 Å². The number of nitrogen functional groups attached to an aromatic ring is 1. The number of amides is 1. The van der Waals surface area contributed by atoms with Gasteiger partial charge in [0, 0.05) is 31.2 Å². The molecule has 0 radical (unpaired) electrons. The summed E-state index contributed by atoms with van der Waals surface area (Å²) in [4.78, 5) is 28.0. The fourth-order valence-corrected chi connectivity index (χ4v) is 3.44. The molecule has 0 aliphatic carbocycles. The minimum absolute atomic E-state index is 0.0985. The number of piperazine rings is 1. The molecule has 1 fully saturated rings. The Morgan fingerprint density at radius 2 is 1.89 bits per heavy atom. The van der Waals surface area contributed by atoms with E-state index in [0.29, 0.717) is 42.2 Å². The van der Waals surface area contributed by atoms with Crippen LogP contribution in [0.1, 0.15) is 6.92 Å². The van der Waals surface area contributed by atoms with Crippen molar-refractivity contribution in [2.45, 2.75) is 13.0 Å². The Hall–Kier alpha value is -3.49. The van der Waals surface area contributed by atoms with Crippen molar-refractivity contribution in [2.24, 2.45) is 0 Å². The van der Waals surface area contributed by atoms with Gasteiger partial charge < -0.3 is 20.6 Å². The number of carbonyl (C=O) groups is 1. The summed E-state index contributed by atoms with van der Waals surface area (Å²) < 4.78 is 13.2. The highest BCUT2D eigenvalue weighted by Gasteiger charge is 2.29. The summed E-state index contributed by atoms with van der Waals surface area (Å²) in [6.07, 6.45) is -0.935. The van der Waals surface area contributed by atoms with Crippen LogP contribution in [0.3, 0.4) is 0 Å². The highest BCUT2D eigenvalue weighted by atomic mass is 19.1. The summed E-state index contributed by atoms with van der Waals surface area (Å²) in [7, 11) is 0. The number of halogens is 1. The van der Waals surface area contributed by atoms with Gasteiger partial charge in [-0.2, -0.15) is 4.98 Å². The van der Waals surface area contributed by atoms with Gasteiger partial charge in [0.05, 0.1) is 11.2 Å². The molecule has 1 aliphatic rings. The van der Waals surface area contributed by atoms with E-state index in [-0.39, 0.29) is 17.8 Å². The Morgan fingerprint density at radius 1 is 1.14 bits per heavy atom. The number of hydrogen-bond donors (Lipinski definition) is 2. The van der Waals surface area contributed by atoms with E-state index >= 15 is 0 Å². The van der Waals surface area contributed by atoms with E-state index in [0.717, 1.165) is 5.56 Å². The minimum Gasteiger partial charge on any atom is -0.465 e. The maximum Gasteiger partial charge on any atom is 0.407 e. The van der Waals surface area contributed by atoms with Gasteiger partial charge in [-0.15, -0.1) is 0 Å². The maximum absolute atomic E-state index is 13.2. The van der Waals surface area contributed by atoms with Crippen LogP contribution >= 0.6 is 0 Å². The number of pyridine rings is 1. The normalized spacial score (nSPS) is 17.1. The third-order valence-electron chi connectivity index (χ3n) is 4.85.